The Balaban J connectivity index is 2.21. The molecular weight excluding hydrogens is 305 g/mol. The van der Waals surface area contributed by atoms with Crippen molar-refractivity contribution in [3.8, 4) is 0 Å². The van der Waals surface area contributed by atoms with E-state index in [1.165, 1.54) is 17.2 Å². The van der Waals surface area contributed by atoms with Crippen LogP contribution in [0, 0.1) is 12.7 Å². The number of nitrogens with one attached hydrogen (secondary N) is 1. The minimum Gasteiger partial charge on any atom is -0.380 e. The van der Waals surface area contributed by atoms with E-state index in [2.05, 4.69) is 53.3 Å². The largest absolute Gasteiger partial charge is 0.380 e. The highest BCUT2D eigenvalue weighted by molar-refractivity contribution is 9.10. The highest BCUT2D eigenvalue weighted by Crippen LogP contribution is 2.24. The van der Waals surface area contributed by atoms with Crippen molar-refractivity contribution in [1.29, 1.82) is 0 Å². The molecule has 0 spiro atoms. The second-order valence-electron chi connectivity index (χ2n) is 4.55. The maximum atomic E-state index is 13.2. The standard InChI is InChI=1S/C16H17BrFN/c1-3-12-6-4-5-11(2)16(12)19-10-13-9-14(18)7-8-15(13)17/h4-9,19H,3,10H2,1-2H3. The maximum Gasteiger partial charge on any atom is 0.123 e. The van der Waals surface area contributed by atoms with Gasteiger partial charge in [0.05, 0.1) is 0 Å². The summed E-state index contributed by atoms with van der Waals surface area (Å²) in [5, 5.41) is 3.42. The second kappa shape index (κ2) is 6.20. The van der Waals surface area contributed by atoms with Crippen LogP contribution in [0.1, 0.15) is 23.6 Å². The van der Waals surface area contributed by atoms with Crippen molar-refractivity contribution >= 4 is 21.6 Å². The minimum absolute atomic E-state index is 0.208. The maximum absolute atomic E-state index is 13.2. The van der Waals surface area contributed by atoms with Gasteiger partial charge in [0.2, 0.25) is 0 Å². The van der Waals surface area contributed by atoms with Crippen LogP contribution in [0.5, 0.6) is 0 Å². The third kappa shape index (κ3) is 3.35. The van der Waals surface area contributed by atoms with Crippen LogP contribution in [-0.2, 0) is 13.0 Å². The zero-order valence-corrected chi connectivity index (χ0v) is 12.7. The van der Waals surface area contributed by atoms with E-state index in [0.717, 1.165) is 22.1 Å². The molecule has 0 unspecified atom stereocenters. The highest BCUT2D eigenvalue weighted by atomic mass is 79.9. The van der Waals surface area contributed by atoms with Crippen LogP contribution >= 0.6 is 15.9 Å². The third-order valence-corrected chi connectivity index (χ3v) is 3.98. The van der Waals surface area contributed by atoms with Crippen molar-refractivity contribution in [2.45, 2.75) is 26.8 Å². The predicted octanol–water partition coefficient (Wildman–Crippen LogP) is 5.07. The molecule has 0 saturated carbocycles. The summed E-state index contributed by atoms with van der Waals surface area (Å²) in [5.74, 6) is -0.208. The van der Waals surface area contributed by atoms with Crippen molar-refractivity contribution in [3.05, 3.63) is 63.4 Å². The summed E-state index contributed by atoms with van der Waals surface area (Å²) in [6.07, 6.45) is 0.980. The average Bonchev–Trinajstić information content (AvgIpc) is 2.40. The zero-order chi connectivity index (χ0) is 13.8. The molecule has 100 valence electrons. The van der Waals surface area contributed by atoms with E-state index in [0.29, 0.717) is 6.54 Å². The Morgan fingerprint density at radius 1 is 1.16 bits per heavy atom. The molecule has 0 bridgehead atoms. The number of anilines is 1. The molecule has 2 aromatic rings. The van der Waals surface area contributed by atoms with E-state index in [9.17, 15) is 4.39 Å². The normalized spacial score (nSPS) is 10.5. The topological polar surface area (TPSA) is 12.0 Å². The van der Waals surface area contributed by atoms with Gasteiger partial charge in [-0.05, 0) is 48.2 Å². The van der Waals surface area contributed by atoms with E-state index >= 15 is 0 Å². The fraction of sp³-hybridized carbons (Fsp3) is 0.250. The third-order valence-electron chi connectivity index (χ3n) is 3.20. The fourth-order valence-electron chi connectivity index (χ4n) is 2.14. The first-order valence-corrected chi connectivity index (χ1v) is 7.17. The van der Waals surface area contributed by atoms with Gasteiger partial charge in [0.15, 0.2) is 0 Å². The summed E-state index contributed by atoms with van der Waals surface area (Å²) in [4.78, 5) is 0. The van der Waals surface area contributed by atoms with Crippen molar-refractivity contribution in [1.82, 2.24) is 0 Å². The Hall–Kier alpha value is -1.35. The van der Waals surface area contributed by atoms with Crippen molar-refractivity contribution < 1.29 is 4.39 Å². The van der Waals surface area contributed by atoms with E-state index in [1.807, 2.05) is 0 Å². The Bertz CT molecular complexity index is 581. The molecule has 1 nitrogen and oxygen atoms in total. The molecule has 0 aliphatic heterocycles. The predicted molar refractivity (Wildman–Crippen MR) is 82.0 cm³/mol. The Morgan fingerprint density at radius 3 is 2.68 bits per heavy atom. The van der Waals surface area contributed by atoms with Gasteiger partial charge >= 0.3 is 0 Å². The first kappa shape index (κ1) is 14.1. The quantitative estimate of drug-likeness (QED) is 0.828. The average molecular weight is 322 g/mol. The molecule has 0 aliphatic rings. The van der Waals surface area contributed by atoms with Crippen molar-refractivity contribution in [3.63, 3.8) is 0 Å². The molecule has 3 heteroatoms. The number of halogens is 2. The van der Waals surface area contributed by atoms with Gasteiger partial charge in [-0.1, -0.05) is 41.1 Å². The van der Waals surface area contributed by atoms with Crippen LogP contribution in [-0.4, -0.2) is 0 Å². The van der Waals surface area contributed by atoms with Gasteiger partial charge in [-0.2, -0.15) is 0 Å². The summed E-state index contributed by atoms with van der Waals surface area (Å²) in [5.41, 5.74) is 4.57. The van der Waals surface area contributed by atoms with Crippen LogP contribution in [0.2, 0.25) is 0 Å². The smallest absolute Gasteiger partial charge is 0.123 e. The Morgan fingerprint density at radius 2 is 1.95 bits per heavy atom. The van der Waals surface area contributed by atoms with Crippen LogP contribution in [0.25, 0.3) is 0 Å². The fourth-order valence-corrected chi connectivity index (χ4v) is 2.53. The van der Waals surface area contributed by atoms with E-state index in [-0.39, 0.29) is 5.82 Å². The van der Waals surface area contributed by atoms with Crippen LogP contribution < -0.4 is 5.32 Å². The number of aryl methyl sites for hydroxylation is 2. The Kier molecular flexibility index (Phi) is 4.59. The van der Waals surface area contributed by atoms with Crippen molar-refractivity contribution in [2.75, 3.05) is 5.32 Å². The van der Waals surface area contributed by atoms with E-state index in [1.54, 1.807) is 12.1 Å². The summed E-state index contributed by atoms with van der Waals surface area (Å²) in [6, 6.07) is 11.0. The SMILES string of the molecule is CCc1cccc(C)c1NCc1cc(F)ccc1Br. The lowest BCUT2D eigenvalue weighted by Gasteiger charge is -2.14. The molecule has 2 aromatic carbocycles. The minimum atomic E-state index is -0.208. The summed E-state index contributed by atoms with van der Waals surface area (Å²) < 4.78 is 14.2. The molecule has 1 N–H and O–H groups in total. The van der Waals surface area contributed by atoms with Gasteiger partial charge in [0.25, 0.3) is 0 Å². The molecule has 0 radical (unpaired) electrons. The Labute approximate surface area is 122 Å². The molecule has 2 rings (SSSR count). The number of hydrogen-bond acceptors (Lipinski definition) is 1. The molecule has 0 amide bonds. The van der Waals surface area contributed by atoms with Gasteiger partial charge in [-0.25, -0.2) is 4.39 Å². The molecular formula is C16H17BrFN. The first-order chi connectivity index (χ1) is 9.11. The first-order valence-electron chi connectivity index (χ1n) is 6.38. The number of rotatable bonds is 4. The molecule has 0 fully saturated rings. The zero-order valence-electron chi connectivity index (χ0n) is 11.1. The monoisotopic (exact) mass is 321 g/mol. The molecule has 0 atom stereocenters. The van der Waals surface area contributed by atoms with Gasteiger partial charge in [0.1, 0.15) is 5.82 Å². The molecule has 0 aromatic heterocycles. The molecule has 0 heterocycles. The summed E-state index contributed by atoms with van der Waals surface area (Å²) >= 11 is 3.45. The number of benzene rings is 2. The number of para-hydroxylation sites is 1. The lowest BCUT2D eigenvalue weighted by Crippen LogP contribution is -2.05. The number of hydrogen-bond donors (Lipinski definition) is 1. The van der Waals surface area contributed by atoms with Gasteiger partial charge in [-0.15, -0.1) is 0 Å². The van der Waals surface area contributed by atoms with Gasteiger partial charge in [-0.3, -0.25) is 0 Å². The molecule has 0 saturated heterocycles. The summed E-state index contributed by atoms with van der Waals surface area (Å²) in [7, 11) is 0. The van der Waals surface area contributed by atoms with Crippen molar-refractivity contribution in [2.24, 2.45) is 0 Å². The molecule has 0 aliphatic carbocycles. The van der Waals surface area contributed by atoms with E-state index < -0.39 is 0 Å². The van der Waals surface area contributed by atoms with Gasteiger partial charge < -0.3 is 5.32 Å². The van der Waals surface area contributed by atoms with Crippen LogP contribution in [0.3, 0.4) is 0 Å². The lowest BCUT2D eigenvalue weighted by molar-refractivity contribution is 0.625. The van der Waals surface area contributed by atoms with Gasteiger partial charge in [0, 0.05) is 16.7 Å². The summed E-state index contributed by atoms with van der Waals surface area (Å²) in [6.45, 7) is 4.83. The van der Waals surface area contributed by atoms with Crippen LogP contribution in [0.4, 0.5) is 10.1 Å². The van der Waals surface area contributed by atoms with Crippen LogP contribution in [0.15, 0.2) is 40.9 Å². The van der Waals surface area contributed by atoms with E-state index in [4.69, 9.17) is 0 Å². The highest BCUT2D eigenvalue weighted by Gasteiger charge is 2.06. The molecule has 19 heavy (non-hydrogen) atoms. The second-order valence-corrected chi connectivity index (χ2v) is 5.41. The lowest BCUT2D eigenvalue weighted by atomic mass is 10.1.